The van der Waals surface area contributed by atoms with Crippen LogP contribution in [-0.4, -0.2) is 31.3 Å². The van der Waals surface area contributed by atoms with E-state index < -0.39 is 0 Å². The van der Waals surface area contributed by atoms with E-state index in [-0.39, 0.29) is 0 Å². The molecule has 0 aromatic heterocycles. The lowest BCUT2D eigenvalue weighted by Gasteiger charge is -2.35. The highest BCUT2D eigenvalue weighted by molar-refractivity contribution is 6.36. The Labute approximate surface area is 83.1 Å². The molecule has 2 heterocycles. The van der Waals surface area contributed by atoms with Crippen molar-refractivity contribution < 1.29 is 0 Å². The molecule has 0 spiro atoms. The summed E-state index contributed by atoms with van der Waals surface area (Å²) < 4.78 is 0. The Bertz CT molecular complexity index is 133. The minimum atomic E-state index is 0.909. The van der Waals surface area contributed by atoms with Crippen LogP contribution in [0.5, 0.6) is 0 Å². The summed E-state index contributed by atoms with van der Waals surface area (Å²) in [5, 5.41) is 0. The third kappa shape index (κ3) is 2.73. The monoisotopic (exact) mass is 178 g/mol. The van der Waals surface area contributed by atoms with E-state index in [9.17, 15) is 0 Å². The van der Waals surface area contributed by atoms with Crippen molar-refractivity contribution in [2.75, 3.05) is 13.1 Å². The van der Waals surface area contributed by atoms with Crippen LogP contribution in [0.2, 0.25) is 12.6 Å². The molecule has 2 aliphatic heterocycles. The third-order valence-electron chi connectivity index (χ3n) is 3.56. The number of fused-ring (bicyclic) bond motifs is 1. The minimum Gasteiger partial charge on any atom is -0.302 e. The lowest BCUT2D eigenvalue weighted by Crippen LogP contribution is -2.41. The smallest absolute Gasteiger partial charge is 0.113 e. The maximum absolute atomic E-state index is 2.74. The lowest BCUT2D eigenvalue weighted by atomic mass is 9.65. The average Bonchev–Trinajstić information content (AvgIpc) is 2.28. The van der Waals surface area contributed by atoms with Gasteiger partial charge in [-0.05, 0) is 25.9 Å². The first kappa shape index (κ1) is 9.58. The molecule has 0 aliphatic carbocycles. The second-order valence-corrected chi connectivity index (χ2v) is 4.56. The molecule has 1 atom stereocenters. The van der Waals surface area contributed by atoms with Gasteiger partial charge in [0.25, 0.3) is 0 Å². The maximum Gasteiger partial charge on any atom is 0.113 e. The summed E-state index contributed by atoms with van der Waals surface area (Å²) in [6.07, 6.45) is 11.5. The van der Waals surface area contributed by atoms with Crippen LogP contribution in [0.3, 0.4) is 0 Å². The highest BCUT2D eigenvalue weighted by Gasteiger charge is 2.22. The minimum absolute atomic E-state index is 0.909. The standard InChI is InChI=1S/C11H21BN/c1-2-4-6-11-10-12-7-9-13(11)8-5-3-1/h11H,1-10H2. The average molecular weight is 178 g/mol. The van der Waals surface area contributed by atoms with Gasteiger partial charge in [-0.3, -0.25) is 0 Å². The normalized spacial score (nSPS) is 32.2. The van der Waals surface area contributed by atoms with E-state index in [0.717, 1.165) is 6.04 Å². The number of hydrogen-bond acceptors (Lipinski definition) is 1. The topological polar surface area (TPSA) is 3.24 Å². The van der Waals surface area contributed by atoms with Gasteiger partial charge in [-0.25, -0.2) is 0 Å². The Morgan fingerprint density at radius 3 is 2.77 bits per heavy atom. The van der Waals surface area contributed by atoms with Crippen molar-refractivity contribution in [3.63, 3.8) is 0 Å². The fourth-order valence-corrected chi connectivity index (χ4v) is 2.72. The molecule has 0 N–H and O–H groups in total. The van der Waals surface area contributed by atoms with E-state index >= 15 is 0 Å². The quantitative estimate of drug-likeness (QED) is 0.515. The van der Waals surface area contributed by atoms with E-state index in [2.05, 4.69) is 12.2 Å². The molecule has 1 unspecified atom stereocenters. The highest BCUT2D eigenvalue weighted by atomic mass is 15.1. The molecule has 0 aromatic carbocycles. The summed E-state index contributed by atoms with van der Waals surface area (Å²) in [5.74, 6) is 0. The summed E-state index contributed by atoms with van der Waals surface area (Å²) in [6, 6.07) is 0.909. The van der Waals surface area contributed by atoms with Gasteiger partial charge < -0.3 is 4.90 Å². The molecule has 2 aliphatic rings. The summed E-state index contributed by atoms with van der Waals surface area (Å²) in [4.78, 5) is 2.74. The largest absolute Gasteiger partial charge is 0.302 e. The molecule has 0 saturated carbocycles. The van der Waals surface area contributed by atoms with Crippen molar-refractivity contribution in [2.45, 2.75) is 57.2 Å². The molecule has 0 aromatic rings. The van der Waals surface area contributed by atoms with E-state index in [1.807, 2.05) is 0 Å². The van der Waals surface area contributed by atoms with Gasteiger partial charge in [-0.1, -0.05) is 38.3 Å². The van der Waals surface area contributed by atoms with Gasteiger partial charge >= 0.3 is 0 Å². The Morgan fingerprint density at radius 2 is 1.77 bits per heavy atom. The molecule has 0 amide bonds. The zero-order valence-electron chi connectivity index (χ0n) is 8.67. The molecule has 13 heavy (non-hydrogen) atoms. The number of hydrogen-bond donors (Lipinski definition) is 0. The van der Waals surface area contributed by atoms with Gasteiger partial charge in [0.05, 0.1) is 0 Å². The van der Waals surface area contributed by atoms with Gasteiger partial charge in [0, 0.05) is 6.04 Å². The van der Waals surface area contributed by atoms with E-state index in [1.165, 1.54) is 64.3 Å². The highest BCUT2D eigenvalue weighted by Crippen LogP contribution is 2.22. The van der Waals surface area contributed by atoms with Crippen molar-refractivity contribution >= 4 is 7.28 Å². The first-order valence-corrected chi connectivity index (χ1v) is 6.02. The van der Waals surface area contributed by atoms with Crippen molar-refractivity contribution in [3.8, 4) is 0 Å². The van der Waals surface area contributed by atoms with E-state index in [0.29, 0.717) is 0 Å². The second-order valence-electron chi connectivity index (χ2n) is 4.56. The predicted molar refractivity (Wildman–Crippen MR) is 58.4 cm³/mol. The first-order valence-electron chi connectivity index (χ1n) is 6.02. The number of nitrogens with zero attached hydrogens (tertiary/aromatic N) is 1. The maximum atomic E-state index is 2.74. The van der Waals surface area contributed by atoms with Crippen molar-refractivity contribution in [2.24, 2.45) is 0 Å². The van der Waals surface area contributed by atoms with Crippen LogP contribution < -0.4 is 0 Å². The van der Waals surface area contributed by atoms with Crippen LogP contribution >= 0.6 is 0 Å². The molecule has 1 radical (unpaired) electrons. The van der Waals surface area contributed by atoms with E-state index in [1.54, 1.807) is 0 Å². The molecule has 2 fully saturated rings. The van der Waals surface area contributed by atoms with Crippen LogP contribution in [-0.2, 0) is 0 Å². The van der Waals surface area contributed by atoms with Gasteiger partial charge in [0.15, 0.2) is 0 Å². The Hall–Kier alpha value is 0.0249. The fraction of sp³-hybridized carbons (Fsp3) is 1.00. The Balaban J connectivity index is 1.88. The first-order chi connectivity index (χ1) is 6.47. The third-order valence-corrected chi connectivity index (χ3v) is 3.56. The molecule has 2 rings (SSSR count). The summed E-state index contributed by atoms with van der Waals surface area (Å²) in [5.41, 5.74) is 0. The van der Waals surface area contributed by atoms with Crippen LogP contribution in [0.15, 0.2) is 0 Å². The van der Waals surface area contributed by atoms with Crippen molar-refractivity contribution in [3.05, 3.63) is 0 Å². The van der Waals surface area contributed by atoms with Gasteiger partial charge in [-0.2, -0.15) is 0 Å². The summed E-state index contributed by atoms with van der Waals surface area (Å²) in [6.45, 7) is 2.71. The zero-order valence-corrected chi connectivity index (χ0v) is 8.67. The van der Waals surface area contributed by atoms with Crippen molar-refractivity contribution in [1.29, 1.82) is 0 Å². The summed E-state index contributed by atoms with van der Waals surface area (Å²) >= 11 is 0. The molecule has 2 heteroatoms. The van der Waals surface area contributed by atoms with Crippen LogP contribution in [0.4, 0.5) is 0 Å². The molecule has 1 nitrogen and oxygen atoms in total. The fourth-order valence-electron chi connectivity index (χ4n) is 2.72. The molecule has 0 bridgehead atoms. The lowest BCUT2D eigenvalue weighted by molar-refractivity contribution is 0.199. The molecular weight excluding hydrogens is 157 g/mol. The zero-order chi connectivity index (χ0) is 8.93. The summed E-state index contributed by atoms with van der Waals surface area (Å²) in [7, 11) is 2.50. The SMILES string of the molecule is [B]1CCN2CCCCCCCC2C1. The second kappa shape index (κ2) is 5.04. The van der Waals surface area contributed by atoms with Crippen molar-refractivity contribution in [1.82, 2.24) is 4.90 Å². The Kier molecular flexibility index (Phi) is 3.71. The predicted octanol–water partition coefficient (Wildman–Crippen LogP) is 2.57. The van der Waals surface area contributed by atoms with Gasteiger partial charge in [0.2, 0.25) is 0 Å². The molecule has 2 saturated heterocycles. The van der Waals surface area contributed by atoms with Gasteiger partial charge in [0.1, 0.15) is 7.28 Å². The van der Waals surface area contributed by atoms with E-state index in [4.69, 9.17) is 0 Å². The van der Waals surface area contributed by atoms with Crippen LogP contribution in [0.1, 0.15) is 38.5 Å². The molecule has 73 valence electrons. The number of rotatable bonds is 0. The van der Waals surface area contributed by atoms with Crippen LogP contribution in [0.25, 0.3) is 0 Å². The van der Waals surface area contributed by atoms with Gasteiger partial charge in [-0.15, -0.1) is 0 Å². The Morgan fingerprint density at radius 1 is 0.923 bits per heavy atom. The molecular formula is C11H21BN. The van der Waals surface area contributed by atoms with Crippen LogP contribution in [0, 0.1) is 0 Å².